The smallest absolute Gasteiger partial charge is 0.409 e. The summed E-state index contributed by atoms with van der Waals surface area (Å²) in [6.07, 6.45) is -0.362. The normalized spacial score (nSPS) is 14.7. The average Bonchev–Trinajstić information content (AvgIpc) is 2.45. The lowest BCUT2D eigenvalue weighted by atomic mass is 10.3. The summed E-state index contributed by atoms with van der Waals surface area (Å²) in [6.45, 7) is 5.58. The van der Waals surface area contributed by atoms with Gasteiger partial charge in [0.05, 0.1) is 13.2 Å². The minimum atomic E-state index is -0.467. The molecule has 0 aromatic carbocycles. The lowest BCUT2D eigenvalue weighted by Gasteiger charge is -2.33. The molecule has 3 amide bonds. The number of carbonyl (C=O) groups excluding carboxylic acids is 3. The summed E-state index contributed by atoms with van der Waals surface area (Å²) in [7, 11) is 0. The second-order valence-corrected chi connectivity index (χ2v) is 4.14. The SMILES string of the molecule is CCOC(=O)CNC(=O)N1CCN(C(=O)OCC)CC1. The van der Waals surface area contributed by atoms with Crippen molar-refractivity contribution >= 4 is 18.1 Å². The molecule has 1 rings (SSSR count). The first-order valence-electron chi connectivity index (χ1n) is 6.68. The van der Waals surface area contributed by atoms with E-state index in [9.17, 15) is 14.4 Å². The van der Waals surface area contributed by atoms with Gasteiger partial charge >= 0.3 is 18.1 Å². The maximum absolute atomic E-state index is 11.8. The van der Waals surface area contributed by atoms with Crippen molar-refractivity contribution in [1.82, 2.24) is 15.1 Å². The maximum Gasteiger partial charge on any atom is 0.409 e. The molecule has 1 saturated heterocycles. The molecule has 0 aliphatic carbocycles. The summed E-state index contributed by atoms with van der Waals surface area (Å²) in [5.74, 6) is -0.467. The molecule has 0 spiro atoms. The van der Waals surface area contributed by atoms with Gasteiger partial charge in [-0.2, -0.15) is 0 Å². The minimum Gasteiger partial charge on any atom is -0.465 e. The number of nitrogens with one attached hydrogen (secondary N) is 1. The van der Waals surface area contributed by atoms with Gasteiger partial charge in [-0.05, 0) is 13.8 Å². The van der Waals surface area contributed by atoms with E-state index in [0.717, 1.165) is 0 Å². The van der Waals surface area contributed by atoms with Crippen molar-refractivity contribution in [3.8, 4) is 0 Å². The van der Waals surface area contributed by atoms with Crippen LogP contribution in [0.3, 0.4) is 0 Å². The Morgan fingerprint density at radius 1 is 0.950 bits per heavy atom. The van der Waals surface area contributed by atoms with Crippen LogP contribution in [0.25, 0.3) is 0 Å². The number of ether oxygens (including phenoxy) is 2. The zero-order valence-corrected chi connectivity index (χ0v) is 11.9. The first-order chi connectivity index (χ1) is 9.58. The Morgan fingerprint density at radius 2 is 1.50 bits per heavy atom. The summed E-state index contributed by atoms with van der Waals surface area (Å²) in [4.78, 5) is 37.5. The molecule has 0 atom stereocenters. The molecule has 20 heavy (non-hydrogen) atoms. The van der Waals surface area contributed by atoms with Crippen LogP contribution in [0.2, 0.25) is 0 Å². The lowest BCUT2D eigenvalue weighted by Crippen LogP contribution is -2.53. The molecule has 0 bridgehead atoms. The average molecular weight is 287 g/mol. The van der Waals surface area contributed by atoms with Gasteiger partial charge in [0.15, 0.2) is 0 Å². The Hall–Kier alpha value is -1.99. The lowest BCUT2D eigenvalue weighted by molar-refractivity contribution is -0.141. The molecule has 0 radical (unpaired) electrons. The van der Waals surface area contributed by atoms with Crippen LogP contribution in [-0.2, 0) is 14.3 Å². The fourth-order valence-electron chi connectivity index (χ4n) is 1.78. The van der Waals surface area contributed by atoms with Gasteiger partial charge in [-0.3, -0.25) is 4.79 Å². The molecule has 0 aromatic rings. The van der Waals surface area contributed by atoms with E-state index in [2.05, 4.69) is 5.32 Å². The van der Waals surface area contributed by atoms with Crippen molar-refractivity contribution in [2.75, 3.05) is 45.9 Å². The van der Waals surface area contributed by atoms with Gasteiger partial charge in [0.2, 0.25) is 0 Å². The number of carbonyl (C=O) groups is 3. The van der Waals surface area contributed by atoms with Crippen molar-refractivity contribution in [3.63, 3.8) is 0 Å². The largest absolute Gasteiger partial charge is 0.465 e. The molecule has 114 valence electrons. The Morgan fingerprint density at radius 3 is 2.05 bits per heavy atom. The Kier molecular flexibility index (Phi) is 6.61. The number of amides is 3. The number of urea groups is 1. The Labute approximate surface area is 118 Å². The number of esters is 1. The predicted molar refractivity (Wildman–Crippen MR) is 70.2 cm³/mol. The summed E-state index contributed by atoms with van der Waals surface area (Å²) in [5.41, 5.74) is 0. The Balaban J connectivity index is 2.28. The van der Waals surface area contributed by atoms with E-state index in [0.29, 0.717) is 32.8 Å². The van der Waals surface area contributed by atoms with Crippen LogP contribution in [0.1, 0.15) is 13.8 Å². The molecule has 0 aromatic heterocycles. The van der Waals surface area contributed by atoms with Crippen LogP contribution in [0.4, 0.5) is 9.59 Å². The fraction of sp³-hybridized carbons (Fsp3) is 0.750. The molecule has 0 unspecified atom stereocenters. The van der Waals surface area contributed by atoms with Crippen molar-refractivity contribution in [3.05, 3.63) is 0 Å². The van der Waals surface area contributed by atoms with Gasteiger partial charge in [-0.15, -0.1) is 0 Å². The van der Waals surface area contributed by atoms with E-state index in [1.165, 1.54) is 0 Å². The van der Waals surface area contributed by atoms with E-state index < -0.39 is 5.97 Å². The monoisotopic (exact) mass is 287 g/mol. The molecule has 8 heteroatoms. The number of rotatable bonds is 4. The zero-order valence-electron chi connectivity index (χ0n) is 11.9. The predicted octanol–water partition coefficient (Wildman–Crippen LogP) is 0.0332. The van der Waals surface area contributed by atoms with Gasteiger partial charge in [-0.25, -0.2) is 9.59 Å². The van der Waals surface area contributed by atoms with Crippen molar-refractivity contribution in [2.24, 2.45) is 0 Å². The summed E-state index contributed by atoms with van der Waals surface area (Å²) < 4.78 is 9.60. The molecule has 1 fully saturated rings. The second kappa shape index (κ2) is 8.23. The van der Waals surface area contributed by atoms with Gasteiger partial charge in [0.25, 0.3) is 0 Å². The zero-order chi connectivity index (χ0) is 15.0. The molecular weight excluding hydrogens is 266 g/mol. The number of piperazine rings is 1. The molecule has 1 aliphatic heterocycles. The van der Waals surface area contributed by atoms with Gasteiger partial charge in [0, 0.05) is 26.2 Å². The van der Waals surface area contributed by atoms with Crippen LogP contribution in [0.5, 0.6) is 0 Å². The summed E-state index contributed by atoms with van der Waals surface area (Å²) >= 11 is 0. The van der Waals surface area contributed by atoms with Crippen molar-refractivity contribution < 1.29 is 23.9 Å². The summed E-state index contributed by atoms with van der Waals surface area (Å²) in [6, 6.07) is -0.332. The van der Waals surface area contributed by atoms with E-state index in [4.69, 9.17) is 9.47 Å². The summed E-state index contributed by atoms with van der Waals surface area (Å²) in [5, 5.41) is 2.48. The Bertz CT molecular complexity index is 353. The van der Waals surface area contributed by atoms with Gasteiger partial charge in [-0.1, -0.05) is 0 Å². The van der Waals surface area contributed by atoms with Crippen LogP contribution >= 0.6 is 0 Å². The number of hydrogen-bond acceptors (Lipinski definition) is 5. The second-order valence-electron chi connectivity index (χ2n) is 4.14. The van der Waals surface area contributed by atoms with Crippen molar-refractivity contribution in [1.29, 1.82) is 0 Å². The highest BCUT2D eigenvalue weighted by Crippen LogP contribution is 2.04. The maximum atomic E-state index is 11.8. The molecule has 1 heterocycles. The standard InChI is InChI=1S/C12H21N3O5/c1-3-19-10(16)9-13-11(17)14-5-7-15(8-6-14)12(18)20-4-2/h3-9H2,1-2H3,(H,13,17). The highest BCUT2D eigenvalue weighted by Gasteiger charge is 2.24. The number of hydrogen-bond donors (Lipinski definition) is 1. The first kappa shape index (κ1) is 16.1. The van der Waals surface area contributed by atoms with Gasteiger partial charge < -0.3 is 24.6 Å². The van der Waals surface area contributed by atoms with Gasteiger partial charge in [0.1, 0.15) is 6.54 Å². The quantitative estimate of drug-likeness (QED) is 0.737. The van der Waals surface area contributed by atoms with E-state index in [-0.39, 0.29) is 25.3 Å². The van der Waals surface area contributed by atoms with Crippen LogP contribution in [-0.4, -0.2) is 73.8 Å². The molecule has 0 saturated carbocycles. The topological polar surface area (TPSA) is 88.2 Å². The van der Waals surface area contributed by atoms with E-state index in [1.54, 1.807) is 23.6 Å². The van der Waals surface area contributed by atoms with E-state index in [1.807, 2.05) is 0 Å². The minimum absolute atomic E-state index is 0.148. The van der Waals surface area contributed by atoms with Crippen LogP contribution in [0.15, 0.2) is 0 Å². The third-order valence-corrected chi connectivity index (χ3v) is 2.78. The number of nitrogens with zero attached hydrogens (tertiary/aromatic N) is 2. The highest BCUT2D eigenvalue weighted by atomic mass is 16.6. The van der Waals surface area contributed by atoms with Crippen LogP contribution in [0, 0.1) is 0 Å². The molecule has 8 nitrogen and oxygen atoms in total. The highest BCUT2D eigenvalue weighted by molar-refractivity contribution is 5.81. The van der Waals surface area contributed by atoms with Crippen LogP contribution < -0.4 is 5.32 Å². The molecule has 1 aliphatic rings. The molecule has 1 N–H and O–H groups in total. The van der Waals surface area contributed by atoms with E-state index >= 15 is 0 Å². The first-order valence-corrected chi connectivity index (χ1v) is 6.68. The molecular formula is C12H21N3O5. The third kappa shape index (κ3) is 4.94. The fourth-order valence-corrected chi connectivity index (χ4v) is 1.78. The third-order valence-electron chi connectivity index (χ3n) is 2.78. The van der Waals surface area contributed by atoms with Crippen molar-refractivity contribution in [2.45, 2.75) is 13.8 Å².